The molecule has 1 saturated heterocycles. The highest BCUT2D eigenvalue weighted by atomic mass is 16.5. The summed E-state index contributed by atoms with van der Waals surface area (Å²) in [7, 11) is 1.56. The highest BCUT2D eigenvalue weighted by Gasteiger charge is 2.36. The molecule has 1 heterocycles. The number of carbonyl (C=O) groups is 2. The number of hydrogen-bond donors (Lipinski definition) is 2. The van der Waals surface area contributed by atoms with E-state index in [1.807, 2.05) is 24.3 Å². The van der Waals surface area contributed by atoms with Gasteiger partial charge in [0.15, 0.2) is 0 Å². The molecular formula is C13H16N2O4. The van der Waals surface area contributed by atoms with Crippen LogP contribution in [0.15, 0.2) is 24.3 Å². The number of methoxy groups -OCH3 is 1. The van der Waals surface area contributed by atoms with Gasteiger partial charge in [-0.25, -0.2) is 9.59 Å². The summed E-state index contributed by atoms with van der Waals surface area (Å²) in [6.07, 6.45) is 0. The van der Waals surface area contributed by atoms with Crippen molar-refractivity contribution >= 4 is 12.0 Å². The summed E-state index contributed by atoms with van der Waals surface area (Å²) in [6, 6.07) is 5.89. The number of benzene rings is 1. The van der Waals surface area contributed by atoms with E-state index in [1.54, 1.807) is 7.11 Å². The summed E-state index contributed by atoms with van der Waals surface area (Å²) in [5, 5.41) is 11.7. The van der Waals surface area contributed by atoms with Crippen molar-refractivity contribution in [3.63, 3.8) is 0 Å². The summed E-state index contributed by atoms with van der Waals surface area (Å²) >= 11 is 0. The van der Waals surface area contributed by atoms with Gasteiger partial charge < -0.3 is 20.1 Å². The molecule has 1 aliphatic heterocycles. The van der Waals surface area contributed by atoms with Gasteiger partial charge in [0.25, 0.3) is 0 Å². The normalized spacial score (nSPS) is 20.0. The quantitative estimate of drug-likeness (QED) is 0.857. The van der Waals surface area contributed by atoms with Crippen LogP contribution < -0.4 is 10.1 Å². The Morgan fingerprint density at radius 2 is 2.21 bits per heavy atom. The Hall–Kier alpha value is -2.24. The van der Waals surface area contributed by atoms with Crippen LogP contribution in [0.1, 0.15) is 18.5 Å². The first-order valence-electron chi connectivity index (χ1n) is 5.97. The van der Waals surface area contributed by atoms with E-state index in [1.165, 1.54) is 11.8 Å². The number of amides is 2. The molecule has 0 spiro atoms. The van der Waals surface area contributed by atoms with E-state index >= 15 is 0 Å². The van der Waals surface area contributed by atoms with E-state index in [2.05, 4.69) is 5.32 Å². The molecule has 1 aromatic rings. The molecule has 2 amide bonds. The molecule has 1 aliphatic rings. The fourth-order valence-electron chi connectivity index (χ4n) is 2.15. The van der Waals surface area contributed by atoms with Gasteiger partial charge in [-0.2, -0.15) is 0 Å². The zero-order valence-electron chi connectivity index (χ0n) is 10.8. The van der Waals surface area contributed by atoms with Crippen molar-refractivity contribution in [2.45, 2.75) is 19.0 Å². The molecular weight excluding hydrogens is 248 g/mol. The van der Waals surface area contributed by atoms with E-state index in [4.69, 9.17) is 9.84 Å². The Balaban J connectivity index is 2.21. The number of nitrogens with zero attached hydrogens (tertiary/aromatic N) is 1. The van der Waals surface area contributed by atoms with E-state index in [9.17, 15) is 9.59 Å². The third-order valence-electron chi connectivity index (χ3n) is 3.28. The summed E-state index contributed by atoms with van der Waals surface area (Å²) < 4.78 is 5.25. The third kappa shape index (κ3) is 2.47. The second-order valence-corrected chi connectivity index (χ2v) is 4.41. The van der Waals surface area contributed by atoms with Gasteiger partial charge in [-0.05, 0) is 13.0 Å². The molecule has 102 valence electrons. The number of para-hydroxylation sites is 1. The first-order valence-corrected chi connectivity index (χ1v) is 5.97. The maximum Gasteiger partial charge on any atom is 0.326 e. The highest BCUT2D eigenvalue weighted by Crippen LogP contribution is 2.29. The van der Waals surface area contributed by atoms with Gasteiger partial charge in [-0.3, -0.25) is 0 Å². The standard InChI is InChI=1S/C13H16N2O4/c1-8(12(16)17)15-7-10(14-13(15)18)9-5-3-4-6-11(9)19-2/h3-6,8,10H,7H2,1-2H3,(H,14,18)(H,16,17). The number of hydrogen-bond acceptors (Lipinski definition) is 3. The molecule has 0 aliphatic carbocycles. The first kappa shape index (κ1) is 13.2. The first-order chi connectivity index (χ1) is 9.04. The lowest BCUT2D eigenvalue weighted by Gasteiger charge is -2.19. The number of carboxylic acids is 1. The number of urea groups is 1. The topological polar surface area (TPSA) is 78.9 Å². The largest absolute Gasteiger partial charge is 0.496 e. The molecule has 2 unspecified atom stereocenters. The van der Waals surface area contributed by atoms with Gasteiger partial charge in [0.1, 0.15) is 11.8 Å². The summed E-state index contributed by atoms with van der Waals surface area (Å²) in [5.74, 6) is -0.339. The van der Waals surface area contributed by atoms with Gasteiger partial charge in [-0.1, -0.05) is 18.2 Å². The molecule has 2 rings (SSSR count). The van der Waals surface area contributed by atoms with Crippen molar-refractivity contribution in [1.82, 2.24) is 10.2 Å². The monoisotopic (exact) mass is 264 g/mol. The molecule has 1 aromatic carbocycles. The smallest absolute Gasteiger partial charge is 0.326 e. The van der Waals surface area contributed by atoms with Crippen molar-refractivity contribution in [2.24, 2.45) is 0 Å². The fraction of sp³-hybridized carbons (Fsp3) is 0.385. The van der Waals surface area contributed by atoms with Crippen LogP contribution in [0.25, 0.3) is 0 Å². The van der Waals surface area contributed by atoms with Gasteiger partial charge in [0.05, 0.1) is 13.2 Å². The number of ether oxygens (including phenoxy) is 1. The van der Waals surface area contributed by atoms with E-state index < -0.39 is 12.0 Å². The summed E-state index contributed by atoms with van der Waals surface area (Å²) in [6.45, 7) is 1.80. The average Bonchev–Trinajstić information content (AvgIpc) is 2.79. The van der Waals surface area contributed by atoms with Gasteiger partial charge in [-0.15, -0.1) is 0 Å². The van der Waals surface area contributed by atoms with E-state index in [0.717, 1.165) is 5.56 Å². The molecule has 1 fully saturated rings. The van der Waals surface area contributed by atoms with Crippen LogP contribution in [0, 0.1) is 0 Å². The fourth-order valence-corrected chi connectivity index (χ4v) is 2.15. The molecule has 6 heteroatoms. The predicted molar refractivity (Wildman–Crippen MR) is 68.1 cm³/mol. The Morgan fingerprint density at radius 1 is 1.53 bits per heavy atom. The third-order valence-corrected chi connectivity index (χ3v) is 3.28. The minimum atomic E-state index is -1.02. The number of carbonyl (C=O) groups excluding carboxylic acids is 1. The minimum absolute atomic E-state index is 0.259. The predicted octanol–water partition coefficient (Wildman–Crippen LogP) is 1.23. The van der Waals surface area contributed by atoms with Crippen molar-refractivity contribution in [3.8, 4) is 5.75 Å². The Bertz CT molecular complexity index is 503. The van der Waals surface area contributed by atoms with Crippen LogP contribution in [0.2, 0.25) is 0 Å². The average molecular weight is 264 g/mol. The molecule has 2 N–H and O–H groups in total. The SMILES string of the molecule is COc1ccccc1C1CN(C(C)C(=O)O)C(=O)N1. The number of nitrogens with one attached hydrogen (secondary N) is 1. The van der Waals surface area contributed by atoms with Crippen LogP contribution in [-0.4, -0.2) is 41.7 Å². The second-order valence-electron chi connectivity index (χ2n) is 4.41. The van der Waals surface area contributed by atoms with Crippen LogP contribution in [0.4, 0.5) is 4.79 Å². The lowest BCUT2D eigenvalue weighted by atomic mass is 10.1. The van der Waals surface area contributed by atoms with Crippen LogP contribution in [0.3, 0.4) is 0 Å². The van der Waals surface area contributed by atoms with E-state index in [0.29, 0.717) is 12.3 Å². The highest BCUT2D eigenvalue weighted by molar-refractivity contribution is 5.84. The van der Waals surface area contributed by atoms with Crippen molar-refractivity contribution < 1.29 is 19.4 Å². The van der Waals surface area contributed by atoms with Crippen LogP contribution in [0.5, 0.6) is 5.75 Å². The van der Waals surface area contributed by atoms with Gasteiger partial charge >= 0.3 is 12.0 Å². The second kappa shape index (κ2) is 5.17. The molecule has 0 aromatic heterocycles. The number of rotatable bonds is 4. The lowest BCUT2D eigenvalue weighted by molar-refractivity contribution is -0.141. The molecule has 0 radical (unpaired) electrons. The molecule has 19 heavy (non-hydrogen) atoms. The molecule has 0 saturated carbocycles. The van der Waals surface area contributed by atoms with Crippen LogP contribution in [-0.2, 0) is 4.79 Å². The van der Waals surface area contributed by atoms with Gasteiger partial charge in [0.2, 0.25) is 0 Å². The van der Waals surface area contributed by atoms with Crippen molar-refractivity contribution in [2.75, 3.05) is 13.7 Å². The lowest BCUT2D eigenvalue weighted by Crippen LogP contribution is -2.40. The zero-order chi connectivity index (χ0) is 14.0. The number of aliphatic carboxylic acids is 1. The number of carboxylic acid groups (broad SMARTS) is 1. The Morgan fingerprint density at radius 3 is 2.84 bits per heavy atom. The Kier molecular flexibility index (Phi) is 3.59. The molecule has 2 atom stereocenters. The van der Waals surface area contributed by atoms with Gasteiger partial charge in [0, 0.05) is 12.1 Å². The maximum absolute atomic E-state index is 11.8. The molecule has 6 nitrogen and oxygen atoms in total. The Labute approximate surface area is 111 Å². The summed E-state index contributed by atoms with van der Waals surface area (Å²) in [5.41, 5.74) is 0.846. The minimum Gasteiger partial charge on any atom is -0.496 e. The maximum atomic E-state index is 11.8. The zero-order valence-corrected chi connectivity index (χ0v) is 10.8. The molecule has 0 bridgehead atoms. The van der Waals surface area contributed by atoms with E-state index in [-0.39, 0.29) is 12.1 Å². The summed E-state index contributed by atoms with van der Waals surface area (Å²) in [4.78, 5) is 24.1. The van der Waals surface area contributed by atoms with Crippen molar-refractivity contribution in [1.29, 1.82) is 0 Å². The van der Waals surface area contributed by atoms with Crippen molar-refractivity contribution in [3.05, 3.63) is 29.8 Å². The van der Waals surface area contributed by atoms with Crippen LogP contribution >= 0.6 is 0 Å².